The zero-order chi connectivity index (χ0) is 8.55. The van der Waals surface area contributed by atoms with Crippen LogP contribution in [0.5, 0.6) is 11.5 Å². The predicted molar refractivity (Wildman–Crippen MR) is 45.4 cm³/mol. The van der Waals surface area contributed by atoms with E-state index >= 15 is 0 Å². The molecule has 0 aromatic heterocycles. The van der Waals surface area contributed by atoms with Gasteiger partial charge >= 0.3 is 0 Å². The molecule has 0 bridgehead atoms. The van der Waals surface area contributed by atoms with Crippen LogP contribution < -0.4 is 10.5 Å². The van der Waals surface area contributed by atoms with Crippen molar-refractivity contribution in [3.8, 4) is 11.5 Å². The highest BCUT2D eigenvalue weighted by Gasteiger charge is 2.22. The molecule has 0 aliphatic carbocycles. The molecule has 64 valence electrons. The Balaban J connectivity index is 2.42. The molecular weight excluding hydrogens is 154 g/mol. The number of phenolic OH excluding ortho intramolecular Hbond substituents is 1. The number of benzene rings is 1. The summed E-state index contributed by atoms with van der Waals surface area (Å²) in [4.78, 5) is 0. The van der Waals surface area contributed by atoms with Crippen molar-refractivity contribution in [1.29, 1.82) is 0 Å². The van der Waals surface area contributed by atoms with Gasteiger partial charge in [0.1, 0.15) is 11.5 Å². The maximum absolute atomic E-state index is 9.21. The van der Waals surface area contributed by atoms with Gasteiger partial charge in [0.2, 0.25) is 0 Å². The van der Waals surface area contributed by atoms with Crippen LogP contribution in [-0.4, -0.2) is 18.3 Å². The van der Waals surface area contributed by atoms with Crippen molar-refractivity contribution in [2.75, 3.05) is 13.2 Å². The third-order valence-electron chi connectivity index (χ3n) is 2.16. The van der Waals surface area contributed by atoms with E-state index in [2.05, 4.69) is 0 Å². The molecule has 1 aliphatic heterocycles. The second kappa shape index (κ2) is 2.68. The number of hydrogen-bond donors (Lipinski definition) is 2. The SMILES string of the molecule is NCC1COc2ccc(O)cc21. The number of aromatic hydroxyl groups is 1. The first-order chi connectivity index (χ1) is 5.81. The van der Waals surface area contributed by atoms with Gasteiger partial charge in [-0.3, -0.25) is 0 Å². The quantitative estimate of drug-likeness (QED) is 0.648. The van der Waals surface area contributed by atoms with E-state index in [-0.39, 0.29) is 11.7 Å². The minimum Gasteiger partial charge on any atom is -0.508 e. The molecule has 0 saturated heterocycles. The molecular formula is C9H11NO2. The van der Waals surface area contributed by atoms with Gasteiger partial charge in [0.05, 0.1) is 6.61 Å². The first kappa shape index (κ1) is 7.43. The first-order valence-electron chi connectivity index (χ1n) is 3.97. The van der Waals surface area contributed by atoms with Crippen molar-refractivity contribution in [2.24, 2.45) is 5.73 Å². The highest BCUT2D eigenvalue weighted by Crippen LogP contribution is 2.35. The normalized spacial score (nSPS) is 20.2. The summed E-state index contributed by atoms with van der Waals surface area (Å²) in [6.45, 7) is 1.20. The molecule has 1 heterocycles. The van der Waals surface area contributed by atoms with Crippen LogP contribution in [0, 0.1) is 0 Å². The van der Waals surface area contributed by atoms with E-state index in [1.54, 1.807) is 18.2 Å². The lowest BCUT2D eigenvalue weighted by molar-refractivity contribution is 0.333. The lowest BCUT2D eigenvalue weighted by Crippen LogP contribution is -2.13. The van der Waals surface area contributed by atoms with Crippen LogP contribution in [0.2, 0.25) is 0 Å². The van der Waals surface area contributed by atoms with E-state index < -0.39 is 0 Å². The fraction of sp³-hybridized carbons (Fsp3) is 0.333. The van der Waals surface area contributed by atoms with Crippen LogP contribution in [0.4, 0.5) is 0 Å². The predicted octanol–water partition coefficient (Wildman–Crippen LogP) is 0.827. The summed E-state index contributed by atoms with van der Waals surface area (Å²) < 4.78 is 5.37. The number of rotatable bonds is 1. The zero-order valence-corrected chi connectivity index (χ0v) is 6.66. The third kappa shape index (κ3) is 1.02. The Kier molecular flexibility index (Phi) is 1.66. The molecule has 0 amide bonds. The zero-order valence-electron chi connectivity index (χ0n) is 6.66. The topological polar surface area (TPSA) is 55.5 Å². The van der Waals surface area contributed by atoms with Gasteiger partial charge in [-0.1, -0.05) is 0 Å². The van der Waals surface area contributed by atoms with E-state index in [9.17, 15) is 5.11 Å². The van der Waals surface area contributed by atoms with Gasteiger partial charge in [0.15, 0.2) is 0 Å². The molecule has 0 spiro atoms. The maximum Gasteiger partial charge on any atom is 0.123 e. The van der Waals surface area contributed by atoms with Crippen molar-refractivity contribution in [3.63, 3.8) is 0 Å². The van der Waals surface area contributed by atoms with Crippen LogP contribution in [0.25, 0.3) is 0 Å². The van der Waals surface area contributed by atoms with Crippen molar-refractivity contribution < 1.29 is 9.84 Å². The van der Waals surface area contributed by atoms with Gasteiger partial charge < -0.3 is 15.6 Å². The number of hydrogen-bond acceptors (Lipinski definition) is 3. The summed E-state index contributed by atoms with van der Waals surface area (Å²) in [5.41, 5.74) is 6.56. The number of ether oxygens (including phenoxy) is 1. The van der Waals surface area contributed by atoms with E-state index in [0.717, 1.165) is 11.3 Å². The van der Waals surface area contributed by atoms with Crippen LogP contribution in [0.3, 0.4) is 0 Å². The van der Waals surface area contributed by atoms with Crippen LogP contribution in [0.15, 0.2) is 18.2 Å². The third-order valence-corrected chi connectivity index (χ3v) is 2.16. The summed E-state index contributed by atoms with van der Waals surface area (Å²) in [6, 6.07) is 5.12. The number of nitrogens with two attached hydrogens (primary N) is 1. The average molecular weight is 165 g/mol. The molecule has 1 unspecified atom stereocenters. The van der Waals surface area contributed by atoms with E-state index in [1.807, 2.05) is 0 Å². The van der Waals surface area contributed by atoms with Gasteiger partial charge in [0.25, 0.3) is 0 Å². The van der Waals surface area contributed by atoms with E-state index in [4.69, 9.17) is 10.5 Å². The Morgan fingerprint density at radius 3 is 3.17 bits per heavy atom. The molecule has 1 aliphatic rings. The summed E-state index contributed by atoms with van der Waals surface area (Å²) in [6.07, 6.45) is 0. The molecule has 12 heavy (non-hydrogen) atoms. The molecule has 1 aromatic carbocycles. The number of fused-ring (bicyclic) bond motifs is 1. The van der Waals surface area contributed by atoms with Gasteiger partial charge in [-0.25, -0.2) is 0 Å². The van der Waals surface area contributed by atoms with Gasteiger partial charge in [-0.15, -0.1) is 0 Å². The summed E-state index contributed by atoms with van der Waals surface area (Å²) >= 11 is 0. The van der Waals surface area contributed by atoms with Gasteiger partial charge in [-0.05, 0) is 18.2 Å². The van der Waals surface area contributed by atoms with Crippen LogP contribution in [0.1, 0.15) is 11.5 Å². The standard InChI is InChI=1S/C9H11NO2/c10-4-6-5-12-9-2-1-7(11)3-8(6)9/h1-3,6,11H,4-5,10H2. The summed E-state index contributed by atoms with van der Waals surface area (Å²) in [5.74, 6) is 1.37. The smallest absolute Gasteiger partial charge is 0.123 e. The molecule has 0 radical (unpaired) electrons. The van der Waals surface area contributed by atoms with Crippen LogP contribution in [-0.2, 0) is 0 Å². The Hall–Kier alpha value is -1.22. The summed E-state index contributed by atoms with van der Waals surface area (Å²) in [7, 11) is 0. The maximum atomic E-state index is 9.21. The van der Waals surface area contributed by atoms with Crippen molar-refractivity contribution in [3.05, 3.63) is 23.8 Å². The molecule has 0 saturated carbocycles. The minimum atomic E-state index is 0.243. The summed E-state index contributed by atoms with van der Waals surface area (Å²) in [5, 5.41) is 9.21. The van der Waals surface area contributed by atoms with Crippen LogP contribution >= 0.6 is 0 Å². The van der Waals surface area contributed by atoms with Gasteiger partial charge in [-0.2, -0.15) is 0 Å². The van der Waals surface area contributed by atoms with Crippen molar-refractivity contribution >= 4 is 0 Å². The molecule has 3 nitrogen and oxygen atoms in total. The van der Waals surface area contributed by atoms with E-state index in [1.165, 1.54) is 0 Å². The molecule has 2 rings (SSSR count). The largest absolute Gasteiger partial charge is 0.508 e. The fourth-order valence-electron chi connectivity index (χ4n) is 1.46. The Labute approximate surface area is 70.8 Å². The monoisotopic (exact) mass is 165 g/mol. The Bertz CT molecular complexity index is 299. The molecule has 3 heteroatoms. The average Bonchev–Trinajstić information content (AvgIpc) is 2.46. The molecule has 0 fully saturated rings. The fourth-order valence-corrected chi connectivity index (χ4v) is 1.46. The molecule has 1 atom stereocenters. The number of phenols is 1. The minimum absolute atomic E-state index is 0.243. The van der Waals surface area contributed by atoms with E-state index in [0.29, 0.717) is 13.2 Å². The molecule has 3 N–H and O–H groups in total. The lowest BCUT2D eigenvalue weighted by Gasteiger charge is -2.03. The highest BCUT2D eigenvalue weighted by atomic mass is 16.5. The second-order valence-electron chi connectivity index (χ2n) is 2.97. The Morgan fingerprint density at radius 1 is 1.58 bits per heavy atom. The molecule has 1 aromatic rings. The first-order valence-corrected chi connectivity index (χ1v) is 3.97. The second-order valence-corrected chi connectivity index (χ2v) is 2.97. The van der Waals surface area contributed by atoms with Crippen molar-refractivity contribution in [2.45, 2.75) is 5.92 Å². The highest BCUT2D eigenvalue weighted by molar-refractivity contribution is 5.44. The van der Waals surface area contributed by atoms with Gasteiger partial charge in [0, 0.05) is 18.0 Å². The Morgan fingerprint density at radius 2 is 2.42 bits per heavy atom. The lowest BCUT2D eigenvalue weighted by atomic mass is 10.0. The van der Waals surface area contributed by atoms with Crippen molar-refractivity contribution in [1.82, 2.24) is 0 Å².